The van der Waals surface area contributed by atoms with E-state index >= 15 is 0 Å². The molecule has 4 nitrogen and oxygen atoms in total. The SMILES string of the molecule is Cc1ccccc1-c1cc2cnc(NC3CCCOC3)cc2[nH]1. The van der Waals surface area contributed by atoms with E-state index in [1.165, 1.54) is 11.1 Å². The lowest BCUT2D eigenvalue weighted by Crippen LogP contribution is -2.30. The number of nitrogens with one attached hydrogen (secondary N) is 2. The molecule has 1 atom stereocenters. The van der Waals surface area contributed by atoms with E-state index in [9.17, 15) is 0 Å². The molecule has 0 spiro atoms. The minimum Gasteiger partial charge on any atom is -0.379 e. The van der Waals surface area contributed by atoms with Crippen molar-refractivity contribution < 1.29 is 4.74 Å². The third kappa shape index (κ3) is 2.94. The van der Waals surface area contributed by atoms with Gasteiger partial charge in [-0.25, -0.2) is 4.98 Å². The van der Waals surface area contributed by atoms with Gasteiger partial charge in [-0.15, -0.1) is 0 Å². The Labute approximate surface area is 135 Å². The van der Waals surface area contributed by atoms with Crippen molar-refractivity contribution in [2.45, 2.75) is 25.8 Å². The molecule has 0 radical (unpaired) electrons. The molecule has 1 aliphatic heterocycles. The molecule has 3 heterocycles. The lowest BCUT2D eigenvalue weighted by atomic mass is 10.1. The van der Waals surface area contributed by atoms with Crippen LogP contribution in [-0.4, -0.2) is 29.2 Å². The molecule has 0 amide bonds. The Balaban J connectivity index is 1.63. The molecule has 1 unspecified atom stereocenters. The van der Waals surface area contributed by atoms with E-state index in [-0.39, 0.29) is 0 Å². The van der Waals surface area contributed by atoms with Gasteiger partial charge in [-0.05, 0) is 31.4 Å². The van der Waals surface area contributed by atoms with Crippen molar-refractivity contribution in [2.75, 3.05) is 18.5 Å². The predicted molar refractivity (Wildman–Crippen MR) is 93.7 cm³/mol. The Hall–Kier alpha value is -2.33. The summed E-state index contributed by atoms with van der Waals surface area (Å²) >= 11 is 0. The van der Waals surface area contributed by atoms with Crippen molar-refractivity contribution in [3.8, 4) is 11.3 Å². The van der Waals surface area contributed by atoms with Crippen molar-refractivity contribution in [3.63, 3.8) is 0 Å². The van der Waals surface area contributed by atoms with Crippen LogP contribution in [0.1, 0.15) is 18.4 Å². The van der Waals surface area contributed by atoms with Gasteiger partial charge in [0.2, 0.25) is 0 Å². The zero-order valence-electron chi connectivity index (χ0n) is 13.3. The summed E-state index contributed by atoms with van der Waals surface area (Å²) in [5.74, 6) is 0.909. The number of nitrogens with zero attached hydrogens (tertiary/aromatic N) is 1. The molecule has 4 rings (SSSR count). The van der Waals surface area contributed by atoms with Crippen LogP contribution in [0.25, 0.3) is 22.2 Å². The highest BCUT2D eigenvalue weighted by Crippen LogP contribution is 2.27. The summed E-state index contributed by atoms with van der Waals surface area (Å²) in [6, 6.07) is 13.0. The van der Waals surface area contributed by atoms with Gasteiger partial charge in [0, 0.05) is 35.5 Å². The van der Waals surface area contributed by atoms with Crippen LogP contribution >= 0.6 is 0 Å². The smallest absolute Gasteiger partial charge is 0.128 e. The number of H-pyrrole nitrogens is 1. The summed E-state index contributed by atoms with van der Waals surface area (Å²) in [6.07, 6.45) is 4.18. The Bertz CT molecular complexity index is 818. The molecule has 2 aromatic heterocycles. The third-order valence-corrected chi connectivity index (χ3v) is 4.45. The Morgan fingerprint density at radius 1 is 1.26 bits per heavy atom. The topological polar surface area (TPSA) is 49.9 Å². The first kappa shape index (κ1) is 14.3. The number of aromatic nitrogens is 2. The first-order valence-electron chi connectivity index (χ1n) is 8.19. The minimum atomic E-state index is 0.361. The molecular formula is C19H21N3O. The third-order valence-electron chi connectivity index (χ3n) is 4.45. The van der Waals surface area contributed by atoms with Crippen molar-refractivity contribution in [1.29, 1.82) is 0 Å². The zero-order valence-corrected chi connectivity index (χ0v) is 13.3. The summed E-state index contributed by atoms with van der Waals surface area (Å²) in [6.45, 7) is 3.77. The highest BCUT2D eigenvalue weighted by atomic mass is 16.5. The average molecular weight is 307 g/mol. The minimum absolute atomic E-state index is 0.361. The number of benzene rings is 1. The number of rotatable bonds is 3. The summed E-state index contributed by atoms with van der Waals surface area (Å²) in [5.41, 5.74) is 4.75. The van der Waals surface area contributed by atoms with E-state index in [4.69, 9.17) is 4.74 Å². The van der Waals surface area contributed by atoms with Gasteiger partial charge in [-0.3, -0.25) is 0 Å². The second-order valence-corrected chi connectivity index (χ2v) is 6.21. The zero-order chi connectivity index (χ0) is 15.6. The number of anilines is 1. The van der Waals surface area contributed by atoms with Gasteiger partial charge in [0.25, 0.3) is 0 Å². The summed E-state index contributed by atoms with van der Waals surface area (Å²) in [7, 11) is 0. The second kappa shape index (κ2) is 6.05. The van der Waals surface area contributed by atoms with Crippen molar-refractivity contribution in [2.24, 2.45) is 0 Å². The predicted octanol–water partition coefficient (Wildman–Crippen LogP) is 4.13. The maximum atomic E-state index is 5.52. The number of ether oxygens (including phenoxy) is 1. The van der Waals surface area contributed by atoms with Crippen LogP contribution in [0, 0.1) is 6.92 Å². The first-order chi connectivity index (χ1) is 11.3. The van der Waals surface area contributed by atoms with Gasteiger partial charge in [-0.1, -0.05) is 24.3 Å². The number of aromatic amines is 1. The molecule has 1 saturated heterocycles. The van der Waals surface area contributed by atoms with Gasteiger partial charge < -0.3 is 15.0 Å². The number of pyridine rings is 1. The van der Waals surface area contributed by atoms with E-state index in [1.807, 2.05) is 6.20 Å². The van der Waals surface area contributed by atoms with Crippen molar-refractivity contribution in [1.82, 2.24) is 9.97 Å². The number of fused-ring (bicyclic) bond motifs is 1. The molecule has 118 valence electrons. The van der Waals surface area contributed by atoms with Crippen LogP contribution in [0.15, 0.2) is 42.6 Å². The molecule has 1 aliphatic rings. The second-order valence-electron chi connectivity index (χ2n) is 6.21. The summed E-state index contributed by atoms with van der Waals surface area (Å²) < 4.78 is 5.52. The number of hydrogen-bond acceptors (Lipinski definition) is 3. The van der Waals surface area contributed by atoms with Crippen molar-refractivity contribution >= 4 is 16.7 Å². The average Bonchev–Trinajstić information content (AvgIpc) is 2.99. The molecule has 1 aromatic carbocycles. The maximum Gasteiger partial charge on any atom is 0.128 e. The molecule has 0 saturated carbocycles. The Morgan fingerprint density at radius 3 is 3.00 bits per heavy atom. The van der Waals surface area contributed by atoms with Crippen LogP contribution < -0.4 is 5.32 Å². The highest BCUT2D eigenvalue weighted by molar-refractivity contribution is 5.87. The van der Waals surface area contributed by atoms with Crippen LogP contribution in [0.3, 0.4) is 0 Å². The largest absolute Gasteiger partial charge is 0.379 e. The molecule has 0 bridgehead atoms. The fourth-order valence-electron chi connectivity index (χ4n) is 3.19. The Morgan fingerprint density at radius 2 is 2.17 bits per heavy atom. The molecule has 3 aromatic rings. The van der Waals surface area contributed by atoms with E-state index < -0.39 is 0 Å². The highest BCUT2D eigenvalue weighted by Gasteiger charge is 2.14. The first-order valence-corrected chi connectivity index (χ1v) is 8.19. The van der Waals surface area contributed by atoms with E-state index in [0.29, 0.717) is 6.04 Å². The van der Waals surface area contributed by atoms with E-state index in [2.05, 4.69) is 58.6 Å². The fraction of sp³-hybridized carbons (Fsp3) is 0.316. The normalized spacial score (nSPS) is 18.2. The van der Waals surface area contributed by atoms with Crippen molar-refractivity contribution in [3.05, 3.63) is 48.2 Å². The molecule has 23 heavy (non-hydrogen) atoms. The van der Waals surface area contributed by atoms with Crippen LogP contribution in [-0.2, 0) is 4.74 Å². The quantitative estimate of drug-likeness (QED) is 0.765. The fourth-order valence-corrected chi connectivity index (χ4v) is 3.19. The molecule has 0 aliphatic carbocycles. The lowest BCUT2D eigenvalue weighted by molar-refractivity contribution is 0.0875. The van der Waals surface area contributed by atoms with Gasteiger partial charge in [-0.2, -0.15) is 0 Å². The lowest BCUT2D eigenvalue weighted by Gasteiger charge is -2.23. The van der Waals surface area contributed by atoms with Crippen LogP contribution in [0.5, 0.6) is 0 Å². The summed E-state index contributed by atoms with van der Waals surface area (Å²) in [5, 5.41) is 4.61. The van der Waals surface area contributed by atoms with Gasteiger partial charge in [0.1, 0.15) is 5.82 Å². The van der Waals surface area contributed by atoms with Gasteiger partial charge in [0.05, 0.1) is 18.2 Å². The van der Waals surface area contributed by atoms with Crippen LogP contribution in [0.4, 0.5) is 5.82 Å². The van der Waals surface area contributed by atoms with Crippen LogP contribution in [0.2, 0.25) is 0 Å². The monoisotopic (exact) mass is 307 g/mol. The maximum absolute atomic E-state index is 5.52. The standard InChI is InChI=1S/C19H21N3O/c1-13-5-2-3-7-16(13)18-9-14-11-20-19(10-17(14)22-18)21-15-6-4-8-23-12-15/h2-3,5,7,9-11,15,22H,4,6,8,12H2,1H3,(H,20,21). The molecule has 4 heteroatoms. The van der Waals surface area contributed by atoms with Gasteiger partial charge >= 0.3 is 0 Å². The summed E-state index contributed by atoms with van der Waals surface area (Å²) in [4.78, 5) is 8.06. The molecule has 1 fully saturated rings. The van der Waals surface area contributed by atoms with E-state index in [0.717, 1.165) is 48.5 Å². The molecular weight excluding hydrogens is 286 g/mol. The molecule has 2 N–H and O–H groups in total. The number of hydrogen-bond donors (Lipinski definition) is 2. The van der Waals surface area contributed by atoms with E-state index in [1.54, 1.807) is 0 Å². The van der Waals surface area contributed by atoms with Gasteiger partial charge in [0.15, 0.2) is 0 Å². The number of aryl methyl sites for hydroxylation is 1. The Kier molecular flexibility index (Phi) is 3.75.